The lowest BCUT2D eigenvalue weighted by Gasteiger charge is -2.12. The van der Waals surface area contributed by atoms with E-state index in [2.05, 4.69) is 12.2 Å². The summed E-state index contributed by atoms with van der Waals surface area (Å²) in [7, 11) is 0. The van der Waals surface area contributed by atoms with Gasteiger partial charge in [-0.2, -0.15) is 0 Å². The predicted octanol–water partition coefficient (Wildman–Crippen LogP) is 3.33. The van der Waals surface area contributed by atoms with E-state index < -0.39 is 11.0 Å². The summed E-state index contributed by atoms with van der Waals surface area (Å²) in [4.78, 5) is 22.2. The highest BCUT2D eigenvalue weighted by molar-refractivity contribution is 5.78. The fourth-order valence-corrected chi connectivity index (χ4v) is 2.60. The van der Waals surface area contributed by atoms with Crippen LogP contribution in [-0.4, -0.2) is 22.5 Å². The molecule has 1 amide bonds. The Morgan fingerprint density at radius 3 is 2.31 bits per heavy atom. The number of hydrogen-bond acceptors (Lipinski definition) is 4. The van der Waals surface area contributed by atoms with Crippen molar-refractivity contribution >= 4 is 11.6 Å². The van der Waals surface area contributed by atoms with Crippen molar-refractivity contribution in [1.29, 1.82) is 0 Å². The van der Waals surface area contributed by atoms with E-state index in [1.807, 2.05) is 24.3 Å². The van der Waals surface area contributed by atoms with Crippen molar-refractivity contribution in [2.75, 3.05) is 6.54 Å². The number of aliphatic hydroxyl groups excluding tert-OH is 1. The molecule has 0 saturated heterocycles. The molecule has 0 saturated carbocycles. The molecule has 0 heterocycles. The summed E-state index contributed by atoms with van der Waals surface area (Å²) in [6, 6.07) is 13.7. The quantitative estimate of drug-likeness (QED) is 0.532. The molecule has 0 radical (unpaired) electrons. The number of carbonyl (C=O) groups excluding carboxylic acids is 1. The number of benzene rings is 2. The van der Waals surface area contributed by atoms with E-state index >= 15 is 0 Å². The van der Waals surface area contributed by atoms with Crippen LogP contribution < -0.4 is 5.32 Å². The van der Waals surface area contributed by atoms with E-state index in [4.69, 9.17) is 0 Å². The van der Waals surface area contributed by atoms with Gasteiger partial charge in [-0.05, 0) is 41.7 Å². The van der Waals surface area contributed by atoms with Crippen LogP contribution in [0.4, 0.5) is 5.69 Å². The highest BCUT2D eigenvalue weighted by Crippen LogP contribution is 2.17. The van der Waals surface area contributed by atoms with E-state index in [1.165, 1.54) is 29.8 Å². The SMILES string of the molecule is CCCCc1ccc(CC(=O)NCC(O)c2ccc([N+](=O)[O-])cc2)cc1. The molecule has 2 rings (SSSR count). The average Bonchev–Trinajstić information content (AvgIpc) is 2.65. The number of nitrogens with zero attached hydrogens (tertiary/aromatic N) is 1. The number of aryl methyl sites for hydroxylation is 1. The normalized spacial score (nSPS) is 11.8. The topological polar surface area (TPSA) is 92.5 Å². The van der Waals surface area contributed by atoms with E-state index in [-0.39, 0.29) is 24.6 Å². The van der Waals surface area contributed by atoms with Crippen molar-refractivity contribution in [3.05, 3.63) is 75.3 Å². The summed E-state index contributed by atoms with van der Waals surface area (Å²) in [5.74, 6) is -0.174. The monoisotopic (exact) mass is 356 g/mol. The third-order valence-electron chi connectivity index (χ3n) is 4.19. The van der Waals surface area contributed by atoms with Crippen LogP contribution in [0.5, 0.6) is 0 Å². The molecule has 0 aromatic heterocycles. The van der Waals surface area contributed by atoms with Crippen LogP contribution in [0.25, 0.3) is 0 Å². The Balaban J connectivity index is 1.81. The van der Waals surface area contributed by atoms with Crippen LogP contribution in [-0.2, 0) is 17.6 Å². The molecule has 1 unspecified atom stereocenters. The number of non-ortho nitro benzene ring substituents is 1. The molecule has 0 aliphatic rings. The van der Waals surface area contributed by atoms with Gasteiger partial charge < -0.3 is 10.4 Å². The molecule has 6 heteroatoms. The first-order chi connectivity index (χ1) is 12.5. The van der Waals surface area contributed by atoms with Crippen molar-refractivity contribution in [2.24, 2.45) is 0 Å². The number of unbranched alkanes of at least 4 members (excludes halogenated alkanes) is 1. The first-order valence-electron chi connectivity index (χ1n) is 8.76. The molecule has 2 aromatic rings. The minimum atomic E-state index is -0.906. The van der Waals surface area contributed by atoms with Crippen LogP contribution in [0.2, 0.25) is 0 Å². The molecule has 0 aliphatic carbocycles. The molecule has 6 nitrogen and oxygen atoms in total. The molecule has 0 fully saturated rings. The summed E-state index contributed by atoms with van der Waals surface area (Å²) in [6.07, 6.45) is 2.70. The molecular formula is C20H24N2O4. The lowest BCUT2D eigenvalue weighted by Crippen LogP contribution is -2.29. The maximum atomic E-state index is 12.0. The Morgan fingerprint density at radius 1 is 1.12 bits per heavy atom. The molecule has 2 N–H and O–H groups in total. The van der Waals surface area contributed by atoms with E-state index in [9.17, 15) is 20.0 Å². The minimum absolute atomic E-state index is 0.0348. The molecule has 2 aromatic carbocycles. The van der Waals surface area contributed by atoms with Crippen LogP contribution in [0.1, 0.15) is 42.6 Å². The number of hydrogen-bond donors (Lipinski definition) is 2. The van der Waals surface area contributed by atoms with Gasteiger partial charge in [0.05, 0.1) is 17.4 Å². The van der Waals surface area contributed by atoms with Gasteiger partial charge in [0, 0.05) is 18.7 Å². The number of nitro benzene ring substituents is 1. The van der Waals surface area contributed by atoms with Crippen molar-refractivity contribution in [3.8, 4) is 0 Å². The standard InChI is InChI=1S/C20H24N2O4/c1-2-3-4-15-5-7-16(8-6-15)13-20(24)21-14-19(23)17-9-11-18(12-10-17)22(25)26/h5-12,19,23H,2-4,13-14H2,1H3,(H,21,24). The number of aliphatic hydroxyl groups is 1. The fourth-order valence-electron chi connectivity index (χ4n) is 2.60. The van der Waals surface area contributed by atoms with Crippen molar-refractivity contribution in [2.45, 2.75) is 38.7 Å². The van der Waals surface area contributed by atoms with Gasteiger partial charge in [0.25, 0.3) is 5.69 Å². The van der Waals surface area contributed by atoms with Crippen LogP contribution in [0, 0.1) is 10.1 Å². The van der Waals surface area contributed by atoms with Crippen molar-refractivity contribution in [1.82, 2.24) is 5.32 Å². The Hall–Kier alpha value is -2.73. The van der Waals surface area contributed by atoms with Crippen molar-refractivity contribution in [3.63, 3.8) is 0 Å². The summed E-state index contributed by atoms with van der Waals surface area (Å²) in [5.41, 5.74) is 2.68. The summed E-state index contributed by atoms with van der Waals surface area (Å²) in [6.45, 7) is 2.22. The van der Waals surface area contributed by atoms with Crippen molar-refractivity contribution < 1.29 is 14.8 Å². The fraction of sp³-hybridized carbons (Fsp3) is 0.350. The minimum Gasteiger partial charge on any atom is -0.387 e. The Morgan fingerprint density at radius 2 is 1.73 bits per heavy atom. The molecular weight excluding hydrogens is 332 g/mol. The third-order valence-corrected chi connectivity index (χ3v) is 4.19. The second-order valence-electron chi connectivity index (χ2n) is 6.27. The first-order valence-corrected chi connectivity index (χ1v) is 8.76. The van der Waals surface area contributed by atoms with E-state index in [1.54, 1.807) is 0 Å². The number of carbonyl (C=O) groups is 1. The molecule has 138 valence electrons. The second kappa shape index (κ2) is 9.68. The molecule has 0 spiro atoms. The zero-order valence-electron chi connectivity index (χ0n) is 14.9. The molecule has 0 aliphatic heterocycles. The number of nitro groups is 1. The lowest BCUT2D eigenvalue weighted by atomic mass is 10.0. The number of amides is 1. The smallest absolute Gasteiger partial charge is 0.269 e. The highest BCUT2D eigenvalue weighted by Gasteiger charge is 2.12. The maximum Gasteiger partial charge on any atom is 0.269 e. The summed E-state index contributed by atoms with van der Waals surface area (Å²) < 4.78 is 0. The number of nitrogens with one attached hydrogen (secondary N) is 1. The predicted molar refractivity (Wildman–Crippen MR) is 99.8 cm³/mol. The van der Waals surface area contributed by atoms with Gasteiger partial charge in [-0.15, -0.1) is 0 Å². The second-order valence-corrected chi connectivity index (χ2v) is 6.27. The van der Waals surface area contributed by atoms with Gasteiger partial charge in [-0.1, -0.05) is 37.6 Å². The van der Waals surface area contributed by atoms with Gasteiger partial charge in [0.1, 0.15) is 0 Å². The van der Waals surface area contributed by atoms with Crippen LogP contribution >= 0.6 is 0 Å². The molecule has 26 heavy (non-hydrogen) atoms. The zero-order chi connectivity index (χ0) is 18.9. The van der Waals surface area contributed by atoms with Crippen LogP contribution in [0.15, 0.2) is 48.5 Å². The maximum absolute atomic E-state index is 12.0. The third kappa shape index (κ3) is 5.97. The Labute approximate surface area is 153 Å². The Bertz CT molecular complexity index is 726. The van der Waals surface area contributed by atoms with Gasteiger partial charge in [0.15, 0.2) is 0 Å². The highest BCUT2D eigenvalue weighted by atomic mass is 16.6. The lowest BCUT2D eigenvalue weighted by molar-refractivity contribution is -0.384. The summed E-state index contributed by atoms with van der Waals surface area (Å²) >= 11 is 0. The van der Waals surface area contributed by atoms with Gasteiger partial charge in [-0.25, -0.2) is 0 Å². The van der Waals surface area contributed by atoms with E-state index in [0.717, 1.165) is 24.8 Å². The largest absolute Gasteiger partial charge is 0.387 e. The molecule has 1 atom stereocenters. The zero-order valence-corrected chi connectivity index (χ0v) is 14.9. The molecule has 0 bridgehead atoms. The first kappa shape index (κ1) is 19.6. The Kier molecular flexibility index (Phi) is 7.29. The van der Waals surface area contributed by atoms with Gasteiger partial charge in [0.2, 0.25) is 5.91 Å². The van der Waals surface area contributed by atoms with E-state index in [0.29, 0.717) is 5.56 Å². The number of rotatable bonds is 9. The van der Waals surface area contributed by atoms with Gasteiger partial charge >= 0.3 is 0 Å². The van der Waals surface area contributed by atoms with Crippen LogP contribution in [0.3, 0.4) is 0 Å². The average molecular weight is 356 g/mol. The summed E-state index contributed by atoms with van der Waals surface area (Å²) in [5, 5.41) is 23.4. The van der Waals surface area contributed by atoms with Gasteiger partial charge in [-0.3, -0.25) is 14.9 Å².